The Morgan fingerprint density at radius 2 is 2.06 bits per heavy atom. The van der Waals surface area contributed by atoms with E-state index in [1.165, 1.54) is 0 Å². The minimum Gasteiger partial charge on any atom is -0.476 e. The standard InChI is InChI=1S/C14H12N2O2/c1-8-3-4-11-10(7-8)9-5-6-15-12(14(17)18)13(9)16(11)2/h3-7H,1-2H3,(H,17,18). The van der Waals surface area contributed by atoms with Gasteiger partial charge in [0.1, 0.15) is 0 Å². The summed E-state index contributed by atoms with van der Waals surface area (Å²) in [6.45, 7) is 2.03. The predicted molar refractivity (Wildman–Crippen MR) is 69.9 cm³/mol. The van der Waals surface area contributed by atoms with Gasteiger partial charge in [-0.15, -0.1) is 0 Å². The first kappa shape index (κ1) is 10.8. The molecule has 3 rings (SSSR count). The molecule has 0 saturated carbocycles. The zero-order chi connectivity index (χ0) is 12.9. The molecule has 1 aromatic carbocycles. The monoisotopic (exact) mass is 240 g/mol. The molecule has 2 aromatic heterocycles. The highest BCUT2D eigenvalue weighted by molar-refractivity contribution is 6.13. The summed E-state index contributed by atoms with van der Waals surface area (Å²) in [6, 6.07) is 7.97. The number of aryl methyl sites for hydroxylation is 2. The van der Waals surface area contributed by atoms with Gasteiger partial charge < -0.3 is 9.67 Å². The number of rotatable bonds is 1. The molecule has 0 radical (unpaired) electrons. The fraction of sp³-hybridized carbons (Fsp3) is 0.143. The molecule has 2 heterocycles. The van der Waals surface area contributed by atoms with Crippen LogP contribution in [-0.2, 0) is 7.05 Å². The molecule has 0 aliphatic carbocycles. The third kappa shape index (κ3) is 1.32. The third-order valence-corrected chi connectivity index (χ3v) is 3.27. The topological polar surface area (TPSA) is 55.1 Å². The van der Waals surface area contributed by atoms with Crippen LogP contribution in [0.2, 0.25) is 0 Å². The van der Waals surface area contributed by atoms with Gasteiger partial charge in [-0.25, -0.2) is 9.78 Å². The molecule has 0 aliphatic rings. The van der Waals surface area contributed by atoms with Crippen LogP contribution in [0.5, 0.6) is 0 Å². The molecule has 0 bridgehead atoms. The number of hydrogen-bond donors (Lipinski definition) is 1. The summed E-state index contributed by atoms with van der Waals surface area (Å²) < 4.78 is 1.89. The van der Waals surface area contributed by atoms with Crippen molar-refractivity contribution in [3.8, 4) is 0 Å². The summed E-state index contributed by atoms with van der Waals surface area (Å²) >= 11 is 0. The predicted octanol–water partition coefficient (Wildman–Crippen LogP) is 2.73. The van der Waals surface area contributed by atoms with Crippen LogP contribution in [0, 0.1) is 6.92 Å². The van der Waals surface area contributed by atoms with E-state index >= 15 is 0 Å². The average Bonchev–Trinajstić information content (AvgIpc) is 2.63. The molecule has 4 heteroatoms. The highest BCUT2D eigenvalue weighted by Gasteiger charge is 2.16. The maximum atomic E-state index is 11.2. The number of hydrogen-bond acceptors (Lipinski definition) is 2. The highest BCUT2D eigenvalue weighted by Crippen LogP contribution is 2.29. The molecule has 18 heavy (non-hydrogen) atoms. The van der Waals surface area contributed by atoms with Gasteiger partial charge in [0, 0.05) is 29.5 Å². The van der Waals surface area contributed by atoms with Crippen molar-refractivity contribution in [3.05, 3.63) is 41.7 Å². The molecule has 90 valence electrons. The Morgan fingerprint density at radius 1 is 1.28 bits per heavy atom. The van der Waals surface area contributed by atoms with Crippen LogP contribution in [0.15, 0.2) is 30.5 Å². The van der Waals surface area contributed by atoms with E-state index in [1.54, 1.807) is 6.20 Å². The molecule has 0 fully saturated rings. The normalized spacial score (nSPS) is 11.2. The summed E-state index contributed by atoms with van der Waals surface area (Å²) in [5.74, 6) is -0.997. The SMILES string of the molecule is Cc1ccc2c(c1)c1ccnc(C(=O)O)c1n2C. The van der Waals surface area contributed by atoms with Gasteiger partial charge in [0.25, 0.3) is 0 Å². The molecule has 0 amide bonds. The summed E-state index contributed by atoms with van der Waals surface area (Å²) in [5, 5.41) is 11.2. The van der Waals surface area contributed by atoms with Crippen LogP contribution in [0.25, 0.3) is 21.8 Å². The van der Waals surface area contributed by atoms with Crippen LogP contribution in [0.4, 0.5) is 0 Å². The van der Waals surface area contributed by atoms with Crippen LogP contribution in [-0.4, -0.2) is 20.6 Å². The maximum Gasteiger partial charge on any atom is 0.356 e. The van der Waals surface area contributed by atoms with Gasteiger partial charge in [-0.05, 0) is 25.1 Å². The van der Waals surface area contributed by atoms with Crippen molar-refractivity contribution >= 4 is 27.8 Å². The van der Waals surface area contributed by atoms with E-state index in [4.69, 9.17) is 0 Å². The van der Waals surface area contributed by atoms with E-state index < -0.39 is 5.97 Å². The fourth-order valence-electron chi connectivity index (χ4n) is 2.45. The Labute approximate surface area is 103 Å². The lowest BCUT2D eigenvalue weighted by Gasteiger charge is -2.00. The average molecular weight is 240 g/mol. The first-order chi connectivity index (χ1) is 8.59. The number of benzene rings is 1. The van der Waals surface area contributed by atoms with Crippen LogP contribution in [0.3, 0.4) is 0 Å². The molecule has 0 atom stereocenters. The van der Waals surface area contributed by atoms with Crippen molar-refractivity contribution in [2.45, 2.75) is 6.92 Å². The lowest BCUT2D eigenvalue weighted by Crippen LogP contribution is -2.03. The molecule has 0 unspecified atom stereocenters. The Bertz CT molecular complexity index is 787. The van der Waals surface area contributed by atoms with Crippen molar-refractivity contribution in [2.24, 2.45) is 7.05 Å². The molecule has 1 N–H and O–H groups in total. The van der Waals surface area contributed by atoms with Crippen LogP contribution < -0.4 is 0 Å². The molecule has 3 aromatic rings. The number of aromatic carboxylic acids is 1. The van der Waals surface area contributed by atoms with E-state index in [9.17, 15) is 9.90 Å². The number of carboxylic acid groups (broad SMARTS) is 1. The quantitative estimate of drug-likeness (QED) is 0.711. The number of carbonyl (C=O) groups is 1. The lowest BCUT2D eigenvalue weighted by atomic mass is 10.1. The second kappa shape index (κ2) is 3.57. The lowest BCUT2D eigenvalue weighted by molar-refractivity contribution is 0.0692. The van der Waals surface area contributed by atoms with Crippen molar-refractivity contribution < 1.29 is 9.90 Å². The minimum absolute atomic E-state index is 0.101. The van der Waals surface area contributed by atoms with Gasteiger partial charge in [0.2, 0.25) is 0 Å². The Hall–Kier alpha value is -2.36. The number of fused-ring (bicyclic) bond motifs is 3. The second-order valence-corrected chi connectivity index (χ2v) is 4.44. The number of carboxylic acids is 1. The van der Waals surface area contributed by atoms with Crippen molar-refractivity contribution in [1.82, 2.24) is 9.55 Å². The largest absolute Gasteiger partial charge is 0.476 e. The van der Waals surface area contributed by atoms with Gasteiger partial charge in [-0.2, -0.15) is 0 Å². The maximum absolute atomic E-state index is 11.2. The van der Waals surface area contributed by atoms with E-state index in [2.05, 4.69) is 11.1 Å². The van der Waals surface area contributed by atoms with Crippen LogP contribution >= 0.6 is 0 Å². The van der Waals surface area contributed by atoms with E-state index in [0.29, 0.717) is 5.52 Å². The molecular weight excluding hydrogens is 228 g/mol. The van der Waals surface area contributed by atoms with E-state index in [1.807, 2.05) is 36.7 Å². The van der Waals surface area contributed by atoms with Gasteiger partial charge in [0.05, 0.1) is 5.52 Å². The zero-order valence-corrected chi connectivity index (χ0v) is 10.1. The van der Waals surface area contributed by atoms with Crippen molar-refractivity contribution in [3.63, 3.8) is 0 Å². The molecule has 4 nitrogen and oxygen atoms in total. The van der Waals surface area contributed by atoms with Gasteiger partial charge in [0.15, 0.2) is 5.69 Å². The third-order valence-electron chi connectivity index (χ3n) is 3.27. The summed E-state index contributed by atoms with van der Waals surface area (Å²) in [4.78, 5) is 15.2. The smallest absolute Gasteiger partial charge is 0.356 e. The molecule has 0 spiro atoms. The van der Waals surface area contributed by atoms with Gasteiger partial charge in [-0.1, -0.05) is 11.6 Å². The first-order valence-electron chi connectivity index (χ1n) is 5.66. The summed E-state index contributed by atoms with van der Waals surface area (Å²) in [7, 11) is 1.87. The minimum atomic E-state index is -0.997. The Balaban J connectivity index is 2.59. The number of nitrogens with zero attached hydrogens (tertiary/aromatic N) is 2. The Kier molecular flexibility index (Phi) is 2.13. The molecular formula is C14H12N2O2. The van der Waals surface area contributed by atoms with Gasteiger partial charge >= 0.3 is 5.97 Å². The van der Waals surface area contributed by atoms with Crippen molar-refractivity contribution in [2.75, 3.05) is 0 Å². The first-order valence-corrected chi connectivity index (χ1v) is 5.66. The highest BCUT2D eigenvalue weighted by atomic mass is 16.4. The summed E-state index contributed by atoms with van der Waals surface area (Å²) in [6.07, 6.45) is 1.55. The van der Waals surface area contributed by atoms with Crippen molar-refractivity contribution in [1.29, 1.82) is 0 Å². The molecule has 0 aliphatic heterocycles. The number of pyridine rings is 1. The van der Waals surface area contributed by atoms with E-state index in [-0.39, 0.29) is 5.69 Å². The summed E-state index contributed by atoms with van der Waals surface area (Å²) in [5.41, 5.74) is 2.95. The molecule has 0 saturated heterocycles. The zero-order valence-electron chi connectivity index (χ0n) is 10.1. The Morgan fingerprint density at radius 3 is 2.78 bits per heavy atom. The fourth-order valence-corrected chi connectivity index (χ4v) is 2.45. The number of aromatic nitrogens is 2. The van der Waals surface area contributed by atoms with Crippen LogP contribution in [0.1, 0.15) is 16.1 Å². The second-order valence-electron chi connectivity index (χ2n) is 4.44. The van der Waals surface area contributed by atoms with Gasteiger partial charge in [-0.3, -0.25) is 0 Å². The van der Waals surface area contributed by atoms with E-state index in [0.717, 1.165) is 21.9 Å².